The summed E-state index contributed by atoms with van der Waals surface area (Å²) in [6.45, 7) is 7.61. The van der Waals surface area contributed by atoms with E-state index in [0.29, 0.717) is 18.8 Å². The third-order valence-electron chi connectivity index (χ3n) is 5.53. The van der Waals surface area contributed by atoms with Crippen molar-refractivity contribution in [2.45, 2.75) is 25.3 Å². The molecule has 2 unspecified atom stereocenters. The number of amidine groups is 1. The maximum atomic E-state index is 13.4. The molecule has 2 atom stereocenters. The molecule has 29 heavy (non-hydrogen) atoms. The van der Waals surface area contributed by atoms with Gasteiger partial charge < -0.3 is 10.2 Å². The Balaban J connectivity index is 1.45. The Morgan fingerprint density at radius 1 is 1.28 bits per heavy atom. The summed E-state index contributed by atoms with van der Waals surface area (Å²) in [5, 5.41) is 18.7. The summed E-state index contributed by atoms with van der Waals surface area (Å²) in [6, 6.07) is 7.70. The molecule has 2 fully saturated rings. The minimum Gasteiger partial charge on any atom is -0.356 e. The molecule has 0 bridgehead atoms. The first-order valence-corrected chi connectivity index (χ1v) is 9.68. The molecule has 8 heteroatoms. The van der Waals surface area contributed by atoms with Gasteiger partial charge in [0.1, 0.15) is 5.84 Å². The average molecular weight is 398 g/mol. The van der Waals surface area contributed by atoms with Crippen LogP contribution in [0.5, 0.6) is 0 Å². The van der Waals surface area contributed by atoms with Crippen LogP contribution in [0.3, 0.4) is 0 Å². The smallest absolute Gasteiger partial charge is 0.253 e. The van der Waals surface area contributed by atoms with Crippen molar-refractivity contribution in [2.24, 2.45) is 16.1 Å². The molecule has 1 saturated heterocycles. The molecular weight excluding hydrogens is 374 g/mol. The number of nitrogens with zero attached hydrogens (tertiary/aromatic N) is 4. The Bertz CT molecular complexity index is 917. The Labute approximate surface area is 168 Å². The van der Waals surface area contributed by atoms with Crippen LogP contribution in [0.15, 0.2) is 59.5 Å². The molecule has 1 aromatic heterocycles. The number of piperazine rings is 1. The number of rotatable bonds is 5. The molecule has 2 heterocycles. The standard InChI is InChI=1S/C21H24F2N6/c1-3-19(16-6-4-15(5-7-16)17-11-25-26-12-17)28-27-14(2)29-9-8-24-20(13-29)18-10-21(18,22)23/h3-7,11-12,18,20,24H,1,8-10,13H2,2H3,(H,25,26)/b27-14+,28-19+. The van der Waals surface area contributed by atoms with Crippen molar-refractivity contribution in [2.75, 3.05) is 19.6 Å². The van der Waals surface area contributed by atoms with Crippen LogP contribution in [0.2, 0.25) is 0 Å². The number of hydrogen-bond acceptors (Lipinski definition) is 4. The van der Waals surface area contributed by atoms with Crippen LogP contribution < -0.4 is 5.32 Å². The van der Waals surface area contributed by atoms with Gasteiger partial charge in [-0.3, -0.25) is 5.10 Å². The summed E-state index contributed by atoms with van der Waals surface area (Å²) in [7, 11) is 0. The summed E-state index contributed by atoms with van der Waals surface area (Å²) in [4.78, 5) is 2.02. The zero-order valence-corrected chi connectivity index (χ0v) is 16.3. The fourth-order valence-electron chi connectivity index (χ4n) is 3.66. The van der Waals surface area contributed by atoms with E-state index < -0.39 is 11.8 Å². The van der Waals surface area contributed by atoms with Crippen LogP contribution in [0.4, 0.5) is 8.78 Å². The Hall–Kier alpha value is -2.87. The Kier molecular flexibility index (Phi) is 5.27. The molecule has 2 N–H and O–H groups in total. The number of aromatic amines is 1. The highest BCUT2D eigenvalue weighted by molar-refractivity contribution is 6.08. The molecule has 2 aromatic rings. The topological polar surface area (TPSA) is 68.7 Å². The number of hydrogen-bond donors (Lipinski definition) is 2. The van der Waals surface area contributed by atoms with Gasteiger partial charge in [0.05, 0.1) is 11.9 Å². The summed E-state index contributed by atoms with van der Waals surface area (Å²) >= 11 is 0. The van der Waals surface area contributed by atoms with E-state index in [0.717, 1.165) is 29.1 Å². The van der Waals surface area contributed by atoms with Gasteiger partial charge in [0.2, 0.25) is 0 Å². The zero-order chi connectivity index (χ0) is 20.4. The maximum Gasteiger partial charge on any atom is 0.253 e. The second kappa shape index (κ2) is 7.87. The molecule has 4 rings (SSSR count). The van der Waals surface area contributed by atoms with Crippen molar-refractivity contribution in [3.63, 3.8) is 0 Å². The first kappa shape index (κ1) is 19.4. The predicted molar refractivity (Wildman–Crippen MR) is 110 cm³/mol. The van der Waals surface area contributed by atoms with Crippen LogP contribution in [0, 0.1) is 5.92 Å². The average Bonchev–Trinajstić information content (AvgIpc) is 3.12. The van der Waals surface area contributed by atoms with E-state index in [2.05, 4.69) is 32.3 Å². The molecule has 0 amide bonds. The van der Waals surface area contributed by atoms with Crippen LogP contribution in [0.25, 0.3) is 11.1 Å². The minimum atomic E-state index is -2.53. The molecule has 0 radical (unpaired) electrons. The Morgan fingerprint density at radius 3 is 2.66 bits per heavy atom. The summed E-state index contributed by atoms with van der Waals surface area (Å²) < 4.78 is 26.8. The number of halogens is 2. The highest BCUT2D eigenvalue weighted by Gasteiger charge is 2.60. The quantitative estimate of drug-likeness (QED) is 0.461. The van der Waals surface area contributed by atoms with Gasteiger partial charge in [-0.15, -0.1) is 10.2 Å². The van der Waals surface area contributed by atoms with E-state index in [1.54, 1.807) is 12.3 Å². The van der Waals surface area contributed by atoms with Gasteiger partial charge in [-0.1, -0.05) is 30.8 Å². The lowest BCUT2D eigenvalue weighted by molar-refractivity contribution is 0.0830. The zero-order valence-electron chi connectivity index (χ0n) is 16.3. The molecule has 6 nitrogen and oxygen atoms in total. The molecule has 2 aliphatic rings. The fraction of sp³-hybridized carbons (Fsp3) is 0.381. The second-order valence-electron chi connectivity index (χ2n) is 7.48. The fourth-order valence-corrected chi connectivity index (χ4v) is 3.66. The van der Waals surface area contributed by atoms with Gasteiger partial charge in [-0.25, -0.2) is 8.78 Å². The molecular formula is C21H24F2N6. The first-order valence-electron chi connectivity index (χ1n) is 9.68. The lowest BCUT2D eigenvalue weighted by atomic mass is 10.0. The molecule has 1 aromatic carbocycles. The van der Waals surface area contributed by atoms with Crippen molar-refractivity contribution in [1.82, 2.24) is 20.4 Å². The minimum absolute atomic E-state index is 0.0255. The number of nitrogens with one attached hydrogen (secondary N) is 2. The van der Waals surface area contributed by atoms with Crippen molar-refractivity contribution in [3.05, 3.63) is 54.9 Å². The van der Waals surface area contributed by atoms with E-state index >= 15 is 0 Å². The highest BCUT2D eigenvalue weighted by atomic mass is 19.3. The molecule has 152 valence electrons. The number of aromatic nitrogens is 2. The number of H-pyrrole nitrogens is 1. The first-order chi connectivity index (χ1) is 14.0. The van der Waals surface area contributed by atoms with Crippen molar-refractivity contribution in [1.29, 1.82) is 0 Å². The van der Waals surface area contributed by atoms with Crippen LogP contribution >= 0.6 is 0 Å². The maximum absolute atomic E-state index is 13.4. The van der Waals surface area contributed by atoms with Gasteiger partial charge in [0.25, 0.3) is 5.92 Å². The predicted octanol–water partition coefficient (Wildman–Crippen LogP) is 3.31. The normalized spacial score (nSPS) is 24.4. The lowest BCUT2D eigenvalue weighted by Crippen LogP contribution is -2.53. The van der Waals surface area contributed by atoms with E-state index in [4.69, 9.17) is 0 Å². The molecule has 1 saturated carbocycles. The molecule has 1 aliphatic carbocycles. The number of allylic oxidation sites excluding steroid dienone is 1. The summed E-state index contributed by atoms with van der Waals surface area (Å²) in [5.41, 5.74) is 3.62. The number of alkyl halides is 2. The highest BCUT2D eigenvalue weighted by Crippen LogP contribution is 2.51. The van der Waals surface area contributed by atoms with Crippen LogP contribution in [-0.4, -0.2) is 58.2 Å². The number of benzene rings is 1. The Morgan fingerprint density at radius 2 is 2.03 bits per heavy atom. The summed E-state index contributed by atoms with van der Waals surface area (Å²) in [6.07, 6.45) is 5.24. The van der Waals surface area contributed by atoms with Crippen LogP contribution in [0.1, 0.15) is 18.9 Å². The second-order valence-corrected chi connectivity index (χ2v) is 7.48. The molecule has 1 aliphatic heterocycles. The lowest BCUT2D eigenvalue weighted by Gasteiger charge is -2.34. The van der Waals surface area contributed by atoms with Crippen LogP contribution in [-0.2, 0) is 0 Å². The van der Waals surface area contributed by atoms with Gasteiger partial charge in [-0.2, -0.15) is 5.10 Å². The van der Waals surface area contributed by atoms with E-state index in [-0.39, 0.29) is 12.5 Å². The summed E-state index contributed by atoms with van der Waals surface area (Å²) in [5.74, 6) is -2.38. The van der Waals surface area contributed by atoms with Gasteiger partial charge >= 0.3 is 0 Å². The van der Waals surface area contributed by atoms with Crippen molar-refractivity contribution in [3.8, 4) is 11.1 Å². The van der Waals surface area contributed by atoms with Gasteiger partial charge in [0, 0.05) is 55.3 Å². The van der Waals surface area contributed by atoms with Gasteiger partial charge in [0.15, 0.2) is 0 Å². The molecule has 0 spiro atoms. The van der Waals surface area contributed by atoms with E-state index in [1.807, 2.05) is 42.3 Å². The largest absolute Gasteiger partial charge is 0.356 e. The third-order valence-corrected chi connectivity index (χ3v) is 5.53. The SMILES string of the molecule is C=C/C(=N\N=C(/C)N1CCNC(C2CC2(F)F)C1)c1ccc(-c2cn[nH]c2)cc1. The van der Waals surface area contributed by atoms with Gasteiger partial charge in [-0.05, 0) is 18.6 Å². The van der Waals surface area contributed by atoms with Crippen molar-refractivity contribution < 1.29 is 8.78 Å². The van der Waals surface area contributed by atoms with E-state index in [9.17, 15) is 8.78 Å². The monoisotopic (exact) mass is 398 g/mol. The van der Waals surface area contributed by atoms with Crippen molar-refractivity contribution >= 4 is 11.5 Å². The third kappa shape index (κ3) is 4.27. The van der Waals surface area contributed by atoms with E-state index in [1.165, 1.54) is 0 Å².